The zero-order valence-corrected chi connectivity index (χ0v) is 9.83. The van der Waals surface area contributed by atoms with Gasteiger partial charge >= 0.3 is 0 Å². The van der Waals surface area contributed by atoms with Gasteiger partial charge in [0.1, 0.15) is 0 Å². The van der Waals surface area contributed by atoms with Crippen LogP contribution in [0.15, 0.2) is 6.20 Å². The van der Waals surface area contributed by atoms with Crippen LogP contribution in [0.4, 0.5) is 17.5 Å². The predicted molar refractivity (Wildman–Crippen MR) is 66.4 cm³/mol. The molecule has 0 bridgehead atoms. The molecule has 2 rings (SSSR count). The van der Waals surface area contributed by atoms with Crippen LogP contribution in [0.1, 0.15) is 26.7 Å². The Labute approximate surface area is 95.9 Å². The fourth-order valence-corrected chi connectivity index (χ4v) is 1.42. The summed E-state index contributed by atoms with van der Waals surface area (Å²) in [4.78, 5) is 8.51. The van der Waals surface area contributed by atoms with Crippen LogP contribution >= 0.6 is 0 Å². The van der Waals surface area contributed by atoms with Gasteiger partial charge in [0, 0.05) is 12.6 Å². The molecule has 5 nitrogen and oxygen atoms in total. The number of hydrogen-bond donors (Lipinski definition) is 3. The minimum atomic E-state index is 0.313. The summed E-state index contributed by atoms with van der Waals surface area (Å²) in [5.74, 6) is 2.18. The molecule has 1 fully saturated rings. The van der Waals surface area contributed by atoms with E-state index >= 15 is 0 Å². The van der Waals surface area contributed by atoms with Gasteiger partial charge in [-0.1, -0.05) is 0 Å². The highest BCUT2D eigenvalue weighted by Crippen LogP contribution is 2.28. The van der Waals surface area contributed by atoms with Gasteiger partial charge in [0.05, 0.1) is 11.9 Å². The second-order valence-electron chi connectivity index (χ2n) is 4.62. The van der Waals surface area contributed by atoms with Crippen LogP contribution < -0.4 is 16.4 Å². The van der Waals surface area contributed by atoms with Crippen molar-refractivity contribution in [3.8, 4) is 0 Å². The highest BCUT2D eigenvalue weighted by Gasteiger charge is 2.21. The van der Waals surface area contributed by atoms with E-state index in [1.807, 2.05) is 0 Å². The summed E-state index contributed by atoms with van der Waals surface area (Å²) >= 11 is 0. The second kappa shape index (κ2) is 4.55. The average molecular weight is 221 g/mol. The molecule has 0 saturated heterocycles. The molecule has 0 spiro atoms. The number of nitrogen functional groups attached to an aromatic ring is 1. The molecular weight excluding hydrogens is 202 g/mol. The van der Waals surface area contributed by atoms with E-state index in [-0.39, 0.29) is 0 Å². The molecular formula is C11H19N5. The minimum absolute atomic E-state index is 0.313. The average Bonchev–Trinajstić information content (AvgIpc) is 3.02. The summed E-state index contributed by atoms with van der Waals surface area (Å²) in [7, 11) is 0. The van der Waals surface area contributed by atoms with Gasteiger partial charge in [-0.15, -0.1) is 0 Å². The van der Waals surface area contributed by atoms with Gasteiger partial charge in [-0.2, -0.15) is 4.98 Å². The lowest BCUT2D eigenvalue weighted by molar-refractivity contribution is 0.864. The Morgan fingerprint density at radius 1 is 1.50 bits per heavy atom. The lowest BCUT2D eigenvalue weighted by Crippen LogP contribution is -2.15. The Bertz CT molecular complexity index is 359. The third-order valence-electron chi connectivity index (χ3n) is 2.49. The first-order valence-electron chi connectivity index (χ1n) is 5.78. The fourth-order valence-electron chi connectivity index (χ4n) is 1.42. The Morgan fingerprint density at radius 2 is 2.25 bits per heavy atom. The van der Waals surface area contributed by atoms with Gasteiger partial charge in [0.15, 0.2) is 5.82 Å². The van der Waals surface area contributed by atoms with Crippen molar-refractivity contribution in [2.45, 2.75) is 32.7 Å². The summed E-state index contributed by atoms with van der Waals surface area (Å²) in [6.45, 7) is 5.07. The number of anilines is 3. The molecule has 1 aliphatic rings. The van der Waals surface area contributed by atoms with Crippen LogP contribution in [-0.2, 0) is 0 Å². The maximum absolute atomic E-state index is 5.79. The molecule has 0 unspecified atom stereocenters. The topological polar surface area (TPSA) is 75.9 Å². The minimum Gasteiger partial charge on any atom is -0.394 e. The summed E-state index contributed by atoms with van der Waals surface area (Å²) < 4.78 is 0. The molecule has 1 heterocycles. The molecule has 1 aromatic rings. The normalized spacial score (nSPS) is 15.2. The van der Waals surface area contributed by atoms with Crippen molar-refractivity contribution in [1.82, 2.24) is 9.97 Å². The molecule has 1 saturated carbocycles. The van der Waals surface area contributed by atoms with Crippen LogP contribution in [0.2, 0.25) is 0 Å². The third-order valence-corrected chi connectivity index (χ3v) is 2.49. The molecule has 88 valence electrons. The Balaban J connectivity index is 2.01. The first-order valence-corrected chi connectivity index (χ1v) is 5.78. The van der Waals surface area contributed by atoms with Crippen LogP contribution in [-0.4, -0.2) is 22.6 Å². The third kappa shape index (κ3) is 2.98. The molecule has 4 N–H and O–H groups in total. The maximum atomic E-state index is 5.79. The van der Waals surface area contributed by atoms with Crippen molar-refractivity contribution in [2.24, 2.45) is 5.92 Å². The standard InChI is InChI=1S/C11H19N5/c1-7(2)15-10-9(12)6-14-11(16-10)13-5-8-3-4-8/h6-8H,3-5,12H2,1-2H3,(H2,13,14,15,16). The monoisotopic (exact) mass is 221 g/mol. The predicted octanol–water partition coefficient (Wildman–Crippen LogP) is 1.70. The summed E-state index contributed by atoms with van der Waals surface area (Å²) in [6.07, 6.45) is 4.28. The molecule has 0 radical (unpaired) electrons. The highest BCUT2D eigenvalue weighted by atomic mass is 15.2. The van der Waals surface area contributed by atoms with E-state index in [1.165, 1.54) is 12.8 Å². The molecule has 0 aliphatic heterocycles. The second-order valence-corrected chi connectivity index (χ2v) is 4.62. The van der Waals surface area contributed by atoms with Gasteiger partial charge in [-0.05, 0) is 32.6 Å². The van der Waals surface area contributed by atoms with Crippen molar-refractivity contribution in [3.63, 3.8) is 0 Å². The molecule has 0 atom stereocenters. The fraction of sp³-hybridized carbons (Fsp3) is 0.636. The molecule has 1 aliphatic carbocycles. The molecule has 16 heavy (non-hydrogen) atoms. The van der Waals surface area contributed by atoms with Gasteiger partial charge < -0.3 is 16.4 Å². The van der Waals surface area contributed by atoms with E-state index < -0.39 is 0 Å². The summed E-state index contributed by atoms with van der Waals surface area (Å²) in [5.41, 5.74) is 6.38. The van der Waals surface area contributed by atoms with Crippen molar-refractivity contribution in [2.75, 3.05) is 22.9 Å². The van der Waals surface area contributed by atoms with Crippen LogP contribution in [0.25, 0.3) is 0 Å². The SMILES string of the molecule is CC(C)Nc1nc(NCC2CC2)ncc1N. The largest absolute Gasteiger partial charge is 0.394 e. The number of rotatable bonds is 5. The van der Waals surface area contributed by atoms with E-state index in [0.717, 1.165) is 12.5 Å². The van der Waals surface area contributed by atoms with Gasteiger partial charge in [0.2, 0.25) is 5.95 Å². The van der Waals surface area contributed by atoms with Crippen molar-refractivity contribution in [1.29, 1.82) is 0 Å². The zero-order valence-electron chi connectivity index (χ0n) is 9.83. The number of nitrogens with one attached hydrogen (secondary N) is 2. The van der Waals surface area contributed by atoms with Gasteiger partial charge in [-0.25, -0.2) is 4.98 Å². The van der Waals surface area contributed by atoms with E-state index in [2.05, 4.69) is 34.4 Å². The smallest absolute Gasteiger partial charge is 0.224 e. The number of hydrogen-bond acceptors (Lipinski definition) is 5. The van der Waals surface area contributed by atoms with Crippen molar-refractivity contribution < 1.29 is 0 Å². The molecule has 0 aromatic carbocycles. The van der Waals surface area contributed by atoms with E-state index in [0.29, 0.717) is 23.5 Å². The van der Waals surface area contributed by atoms with Gasteiger partial charge in [0.25, 0.3) is 0 Å². The molecule has 1 aromatic heterocycles. The Kier molecular flexibility index (Phi) is 3.12. The zero-order chi connectivity index (χ0) is 11.5. The van der Waals surface area contributed by atoms with E-state index in [4.69, 9.17) is 5.73 Å². The van der Waals surface area contributed by atoms with Gasteiger partial charge in [-0.3, -0.25) is 0 Å². The van der Waals surface area contributed by atoms with Crippen molar-refractivity contribution >= 4 is 17.5 Å². The number of nitrogens with zero attached hydrogens (tertiary/aromatic N) is 2. The number of aromatic nitrogens is 2. The van der Waals surface area contributed by atoms with Crippen molar-refractivity contribution in [3.05, 3.63) is 6.20 Å². The Morgan fingerprint density at radius 3 is 2.88 bits per heavy atom. The highest BCUT2D eigenvalue weighted by molar-refractivity contribution is 5.61. The van der Waals surface area contributed by atoms with Crippen LogP contribution in [0.5, 0.6) is 0 Å². The van der Waals surface area contributed by atoms with Crippen LogP contribution in [0, 0.1) is 5.92 Å². The quantitative estimate of drug-likeness (QED) is 0.705. The lowest BCUT2D eigenvalue weighted by atomic mass is 10.3. The lowest BCUT2D eigenvalue weighted by Gasteiger charge is -2.12. The molecule has 0 amide bonds. The van der Waals surface area contributed by atoms with Crippen LogP contribution in [0.3, 0.4) is 0 Å². The Hall–Kier alpha value is -1.52. The first-order chi connectivity index (χ1) is 7.65. The maximum Gasteiger partial charge on any atom is 0.224 e. The summed E-state index contributed by atoms with van der Waals surface area (Å²) in [5, 5.41) is 6.43. The summed E-state index contributed by atoms with van der Waals surface area (Å²) in [6, 6.07) is 0.313. The molecule has 5 heteroatoms. The van der Waals surface area contributed by atoms with E-state index in [9.17, 15) is 0 Å². The van der Waals surface area contributed by atoms with E-state index in [1.54, 1.807) is 6.20 Å². The number of nitrogens with two attached hydrogens (primary N) is 1. The first kappa shape index (κ1) is 11.0.